The number of nitrogens with zero attached hydrogens (tertiary/aromatic N) is 3. The van der Waals surface area contributed by atoms with E-state index in [2.05, 4.69) is 26.9 Å². The van der Waals surface area contributed by atoms with Crippen molar-refractivity contribution in [2.45, 2.75) is 12.8 Å². The van der Waals surface area contributed by atoms with E-state index in [1.54, 1.807) is 6.07 Å². The standard InChI is InChI=1S/C11H15N5/c12-7-10-3-6-15-16-11(10)14-5-2-9-1-4-13-8-9/h3,6,9,13H,1-2,4-5,8H2,(H,14,16). The number of nitrogens with one attached hydrogen (secondary N) is 2. The molecule has 0 aliphatic carbocycles. The molecule has 1 aliphatic rings. The Balaban J connectivity index is 1.82. The molecule has 0 bridgehead atoms. The zero-order valence-corrected chi connectivity index (χ0v) is 9.11. The molecule has 1 unspecified atom stereocenters. The number of aromatic nitrogens is 2. The molecule has 1 aromatic rings. The van der Waals surface area contributed by atoms with Gasteiger partial charge in [0.15, 0.2) is 5.82 Å². The lowest BCUT2D eigenvalue weighted by molar-refractivity contribution is 0.548. The van der Waals surface area contributed by atoms with Gasteiger partial charge >= 0.3 is 0 Å². The molecule has 0 spiro atoms. The Bertz CT molecular complexity index is 378. The van der Waals surface area contributed by atoms with Crippen LogP contribution >= 0.6 is 0 Å². The van der Waals surface area contributed by atoms with Gasteiger partial charge in [0.25, 0.3) is 0 Å². The fourth-order valence-corrected chi connectivity index (χ4v) is 1.91. The highest BCUT2D eigenvalue weighted by atomic mass is 15.2. The van der Waals surface area contributed by atoms with Crippen molar-refractivity contribution in [3.63, 3.8) is 0 Å². The summed E-state index contributed by atoms with van der Waals surface area (Å²) >= 11 is 0. The maximum atomic E-state index is 8.86. The van der Waals surface area contributed by atoms with Crippen molar-refractivity contribution in [2.24, 2.45) is 5.92 Å². The second kappa shape index (κ2) is 5.42. The van der Waals surface area contributed by atoms with Crippen LogP contribution in [0.5, 0.6) is 0 Å². The van der Waals surface area contributed by atoms with Crippen LogP contribution in [0.15, 0.2) is 12.3 Å². The van der Waals surface area contributed by atoms with E-state index in [9.17, 15) is 0 Å². The number of nitriles is 1. The molecule has 2 N–H and O–H groups in total. The summed E-state index contributed by atoms with van der Waals surface area (Å²) in [5, 5.41) is 23.0. The molecule has 1 fully saturated rings. The summed E-state index contributed by atoms with van der Waals surface area (Å²) in [6.45, 7) is 3.08. The van der Waals surface area contributed by atoms with Crippen molar-refractivity contribution in [1.82, 2.24) is 15.5 Å². The highest BCUT2D eigenvalue weighted by Gasteiger charge is 2.13. The van der Waals surface area contributed by atoms with E-state index >= 15 is 0 Å². The van der Waals surface area contributed by atoms with Gasteiger partial charge in [-0.2, -0.15) is 10.4 Å². The highest BCUT2D eigenvalue weighted by molar-refractivity contribution is 5.49. The number of rotatable bonds is 4. The number of hydrogen-bond acceptors (Lipinski definition) is 5. The minimum Gasteiger partial charge on any atom is -0.367 e. The lowest BCUT2D eigenvalue weighted by Crippen LogP contribution is -2.13. The maximum Gasteiger partial charge on any atom is 0.166 e. The minimum atomic E-state index is 0.555. The fourth-order valence-electron chi connectivity index (χ4n) is 1.91. The van der Waals surface area contributed by atoms with Gasteiger partial charge in [-0.25, -0.2) is 0 Å². The van der Waals surface area contributed by atoms with E-state index < -0.39 is 0 Å². The number of anilines is 1. The van der Waals surface area contributed by atoms with Crippen LogP contribution in [0, 0.1) is 17.2 Å². The second-order valence-corrected chi connectivity index (χ2v) is 3.98. The largest absolute Gasteiger partial charge is 0.367 e. The van der Waals surface area contributed by atoms with Gasteiger partial charge in [-0.1, -0.05) is 0 Å². The third-order valence-electron chi connectivity index (χ3n) is 2.85. The Labute approximate surface area is 94.9 Å². The van der Waals surface area contributed by atoms with Crippen LogP contribution in [0.2, 0.25) is 0 Å². The van der Waals surface area contributed by atoms with E-state index in [0.29, 0.717) is 11.4 Å². The third-order valence-corrected chi connectivity index (χ3v) is 2.85. The monoisotopic (exact) mass is 217 g/mol. The van der Waals surface area contributed by atoms with E-state index in [1.165, 1.54) is 12.6 Å². The normalized spacial score (nSPS) is 19.3. The van der Waals surface area contributed by atoms with Gasteiger partial charge in [0.05, 0.1) is 11.8 Å². The van der Waals surface area contributed by atoms with Crippen LogP contribution in [-0.4, -0.2) is 29.8 Å². The summed E-state index contributed by atoms with van der Waals surface area (Å²) in [7, 11) is 0. The molecule has 2 rings (SSSR count). The molecular weight excluding hydrogens is 202 g/mol. The maximum absolute atomic E-state index is 8.86. The summed E-state index contributed by atoms with van der Waals surface area (Å²) in [4.78, 5) is 0. The molecule has 0 aromatic carbocycles. The third kappa shape index (κ3) is 2.67. The van der Waals surface area contributed by atoms with Crippen molar-refractivity contribution in [1.29, 1.82) is 5.26 Å². The predicted molar refractivity (Wildman–Crippen MR) is 60.8 cm³/mol. The molecular formula is C11H15N5. The van der Waals surface area contributed by atoms with E-state index in [1.807, 2.05) is 0 Å². The summed E-state index contributed by atoms with van der Waals surface area (Å²) in [6, 6.07) is 3.77. The molecule has 5 nitrogen and oxygen atoms in total. The molecule has 5 heteroatoms. The van der Waals surface area contributed by atoms with E-state index in [4.69, 9.17) is 5.26 Å². The molecule has 2 heterocycles. The van der Waals surface area contributed by atoms with Crippen LogP contribution in [0.25, 0.3) is 0 Å². The van der Waals surface area contributed by atoms with Gasteiger partial charge in [0, 0.05) is 6.54 Å². The lowest BCUT2D eigenvalue weighted by Gasteiger charge is -2.09. The molecule has 0 amide bonds. The SMILES string of the molecule is N#Cc1ccnnc1NCCC1CCNC1. The van der Waals surface area contributed by atoms with Crippen LogP contribution in [-0.2, 0) is 0 Å². The first-order valence-electron chi connectivity index (χ1n) is 5.56. The molecule has 1 atom stereocenters. The van der Waals surface area contributed by atoms with Crippen LogP contribution in [0.3, 0.4) is 0 Å². The Morgan fingerprint density at radius 3 is 3.31 bits per heavy atom. The van der Waals surface area contributed by atoms with Crippen LogP contribution in [0.4, 0.5) is 5.82 Å². The zero-order chi connectivity index (χ0) is 11.2. The first-order chi connectivity index (χ1) is 7.90. The van der Waals surface area contributed by atoms with Crippen LogP contribution < -0.4 is 10.6 Å². The summed E-state index contributed by atoms with van der Waals surface area (Å²) in [5.74, 6) is 1.34. The summed E-state index contributed by atoms with van der Waals surface area (Å²) in [6.07, 6.45) is 3.88. The lowest BCUT2D eigenvalue weighted by atomic mass is 10.1. The Hall–Kier alpha value is -1.67. The smallest absolute Gasteiger partial charge is 0.166 e. The van der Waals surface area contributed by atoms with Crippen LogP contribution in [0.1, 0.15) is 18.4 Å². The molecule has 1 saturated heterocycles. The topological polar surface area (TPSA) is 73.6 Å². The Morgan fingerprint density at radius 1 is 1.62 bits per heavy atom. The van der Waals surface area contributed by atoms with Crippen molar-refractivity contribution in [2.75, 3.05) is 25.0 Å². The fraction of sp³-hybridized carbons (Fsp3) is 0.545. The average Bonchev–Trinajstić information content (AvgIpc) is 2.83. The molecule has 1 aliphatic heterocycles. The van der Waals surface area contributed by atoms with E-state index in [0.717, 1.165) is 32.0 Å². The molecule has 16 heavy (non-hydrogen) atoms. The molecule has 84 valence electrons. The molecule has 1 aromatic heterocycles. The van der Waals surface area contributed by atoms with Crippen molar-refractivity contribution in [3.8, 4) is 6.07 Å². The van der Waals surface area contributed by atoms with Crippen molar-refractivity contribution in [3.05, 3.63) is 17.8 Å². The van der Waals surface area contributed by atoms with Gasteiger partial charge in [0.1, 0.15) is 6.07 Å². The minimum absolute atomic E-state index is 0.555. The first-order valence-corrected chi connectivity index (χ1v) is 5.56. The second-order valence-electron chi connectivity index (χ2n) is 3.98. The predicted octanol–water partition coefficient (Wildman–Crippen LogP) is 0.760. The van der Waals surface area contributed by atoms with Gasteiger partial charge in [-0.3, -0.25) is 0 Å². The summed E-state index contributed by atoms with van der Waals surface area (Å²) < 4.78 is 0. The van der Waals surface area contributed by atoms with E-state index in [-0.39, 0.29) is 0 Å². The Morgan fingerprint density at radius 2 is 2.56 bits per heavy atom. The van der Waals surface area contributed by atoms with Gasteiger partial charge in [-0.15, -0.1) is 5.10 Å². The van der Waals surface area contributed by atoms with Gasteiger partial charge < -0.3 is 10.6 Å². The van der Waals surface area contributed by atoms with Gasteiger partial charge in [-0.05, 0) is 37.9 Å². The number of hydrogen-bond donors (Lipinski definition) is 2. The van der Waals surface area contributed by atoms with Crippen molar-refractivity contribution < 1.29 is 0 Å². The first kappa shape index (κ1) is 10.8. The summed E-state index contributed by atoms with van der Waals surface area (Å²) in [5.41, 5.74) is 0.555. The van der Waals surface area contributed by atoms with Crippen molar-refractivity contribution >= 4 is 5.82 Å². The van der Waals surface area contributed by atoms with Gasteiger partial charge in [0.2, 0.25) is 0 Å². The average molecular weight is 217 g/mol. The Kier molecular flexibility index (Phi) is 3.67. The molecule has 0 saturated carbocycles. The zero-order valence-electron chi connectivity index (χ0n) is 9.11. The highest BCUT2D eigenvalue weighted by Crippen LogP contribution is 2.13. The quantitative estimate of drug-likeness (QED) is 0.779. The molecule has 0 radical (unpaired) electrons.